The van der Waals surface area contributed by atoms with Crippen LogP contribution in [-0.2, 0) is 0 Å². The second-order valence-corrected chi connectivity index (χ2v) is 6.41. The molecule has 108 valence electrons. The Labute approximate surface area is 130 Å². The van der Waals surface area contributed by atoms with Crippen molar-refractivity contribution in [2.45, 2.75) is 51.8 Å². The summed E-state index contributed by atoms with van der Waals surface area (Å²) in [5.74, 6) is 1.41. The van der Waals surface area contributed by atoms with Gasteiger partial charge in [0, 0.05) is 10.0 Å². The van der Waals surface area contributed by atoms with Crippen LogP contribution in [0.4, 0.5) is 0 Å². The molecule has 0 saturated heterocycles. The van der Waals surface area contributed by atoms with Gasteiger partial charge in [-0.2, -0.15) is 0 Å². The van der Waals surface area contributed by atoms with Crippen molar-refractivity contribution in [3.05, 3.63) is 27.7 Å². The Bertz CT molecular complexity index is 400. The minimum absolute atomic E-state index is 0.0201. The van der Waals surface area contributed by atoms with Crippen LogP contribution in [0.5, 0.6) is 5.75 Å². The summed E-state index contributed by atoms with van der Waals surface area (Å²) in [7, 11) is 1.71. The van der Waals surface area contributed by atoms with E-state index in [1.165, 1.54) is 18.4 Å². The molecule has 1 rings (SSSR count). The van der Waals surface area contributed by atoms with Gasteiger partial charge in [-0.1, -0.05) is 42.6 Å². The Morgan fingerprint density at radius 1 is 1.21 bits per heavy atom. The first-order chi connectivity index (χ1) is 9.04. The molecule has 0 saturated carbocycles. The third-order valence-electron chi connectivity index (χ3n) is 3.54. The van der Waals surface area contributed by atoms with Crippen molar-refractivity contribution >= 4 is 27.5 Å². The molecule has 0 aliphatic heterocycles. The third-order valence-corrected chi connectivity index (χ3v) is 4.99. The Morgan fingerprint density at radius 2 is 1.79 bits per heavy atom. The summed E-state index contributed by atoms with van der Waals surface area (Å²) in [5.41, 5.74) is 2.28. The van der Waals surface area contributed by atoms with Crippen LogP contribution >= 0.6 is 27.5 Å². The van der Waals surface area contributed by atoms with Gasteiger partial charge in [-0.25, -0.2) is 0 Å². The fraction of sp³-hybridized carbons (Fsp3) is 0.625. The zero-order valence-corrected chi connectivity index (χ0v) is 14.6. The number of rotatable bonds is 7. The van der Waals surface area contributed by atoms with Gasteiger partial charge < -0.3 is 4.74 Å². The van der Waals surface area contributed by atoms with E-state index in [0.29, 0.717) is 5.92 Å². The van der Waals surface area contributed by atoms with Gasteiger partial charge in [-0.3, -0.25) is 0 Å². The quantitative estimate of drug-likeness (QED) is 0.529. The molecule has 1 aromatic carbocycles. The monoisotopic (exact) mass is 346 g/mol. The van der Waals surface area contributed by atoms with Gasteiger partial charge in [0.2, 0.25) is 0 Å². The predicted octanol–water partition coefficient (Wildman–Crippen LogP) is 6.26. The van der Waals surface area contributed by atoms with Crippen molar-refractivity contribution in [1.29, 1.82) is 0 Å². The van der Waals surface area contributed by atoms with Gasteiger partial charge in [0.25, 0.3) is 0 Å². The fourth-order valence-electron chi connectivity index (χ4n) is 2.50. The van der Waals surface area contributed by atoms with Crippen LogP contribution in [0.3, 0.4) is 0 Å². The maximum atomic E-state index is 6.74. The molecule has 0 N–H and O–H groups in total. The molecule has 0 aromatic heterocycles. The number of ether oxygens (including phenoxy) is 1. The molecule has 0 radical (unpaired) electrons. The summed E-state index contributed by atoms with van der Waals surface area (Å²) in [5, 5.41) is 0.0201. The van der Waals surface area contributed by atoms with Gasteiger partial charge in [0.1, 0.15) is 5.75 Å². The SMILES string of the molecule is CCCC(CCC)C(Cl)c1cc(Br)c(C)cc1OC. The van der Waals surface area contributed by atoms with E-state index in [1.807, 2.05) is 0 Å². The fourth-order valence-corrected chi connectivity index (χ4v) is 3.28. The number of halogens is 2. The first-order valence-electron chi connectivity index (χ1n) is 7.03. The van der Waals surface area contributed by atoms with E-state index in [0.717, 1.165) is 28.6 Å². The van der Waals surface area contributed by atoms with Crippen LogP contribution in [0.2, 0.25) is 0 Å². The molecular formula is C16H24BrClO. The second-order valence-electron chi connectivity index (χ2n) is 5.08. The van der Waals surface area contributed by atoms with Crippen molar-refractivity contribution in [3.63, 3.8) is 0 Å². The first-order valence-corrected chi connectivity index (χ1v) is 8.26. The maximum Gasteiger partial charge on any atom is 0.123 e. The molecule has 1 unspecified atom stereocenters. The molecule has 1 nitrogen and oxygen atoms in total. The molecule has 0 aliphatic carbocycles. The highest BCUT2D eigenvalue weighted by Crippen LogP contribution is 2.41. The summed E-state index contributed by atoms with van der Waals surface area (Å²) in [6.45, 7) is 6.50. The smallest absolute Gasteiger partial charge is 0.123 e. The highest BCUT2D eigenvalue weighted by molar-refractivity contribution is 9.10. The molecule has 1 aromatic rings. The molecule has 19 heavy (non-hydrogen) atoms. The van der Waals surface area contributed by atoms with Crippen LogP contribution < -0.4 is 4.74 Å². The number of aryl methyl sites for hydroxylation is 1. The van der Waals surface area contributed by atoms with Crippen LogP contribution in [0.1, 0.15) is 56.0 Å². The van der Waals surface area contributed by atoms with Crippen LogP contribution in [0.25, 0.3) is 0 Å². The standard InChI is InChI=1S/C16H24BrClO/c1-5-7-12(8-6-2)16(18)13-10-14(17)11(3)9-15(13)19-4/h9-10,12,16H,5-8H2,1-4H3. The third kappa shape index (κ3) is 4.39. The molecule has 3 heteroatoms. The van der Waals surface area contributed by atoms with Crippen LogP contribution in [0, 0.1) is 12.8 Å². The Balaban J connectivity index is 3.08. The topological polar surface area (TPSA) is 9.23 Å². The lowest BCUT2D eigenvalue weighted by Gasteiger charge is -2.24. The van der Waals surface area contributed by atoms with Gasteiger partial charge in [-0.05, 0) is 43.4 Å². The molecular weight excluding hydrogens is 324 g/mol. The van der Waals surface area contributed by atoms with Crippen molar-refractivity contribution < 1.29 is 4.74 Å². The molecule has 0 fully saturated rings. The second kappa shape index (κ2) is 8.16. The van der Waals surface area contributed by atoms with E-state index in [-0.39, 0.29) is 5.38 Å². The number of alkyl halides is 1. The van der Waals surface area contributed by atoms with Gasteiger partial charge in [0.05, 0.1) is 12.5 Å². The number of hydrogen-bond donors (Lipinski definition) is 0. The number of benzene rings is 1. The summed E-state index contributed by atoms with van der Waals surface area (Å²) in [6.07, 6.45) is 4.67. The van der Waals surface area contributed by atoms with E-state index in [9.17, 15) is 0 Å². The highest BCUT2D eigenvalue weighted by Gasteiger charge is 2.23. The zero-order chi connectivity index (χ0) is 14.4. The summed E-state index contributed by atoms with van der Waals surface area (Å²) < 4.78 is 6.60. The van der Waals surface area contributed by atoms with Crippen molar-refractivity contribution in [2.24, 2.45) is 5.92 Å². The van der Waals surface area contributed by atoms with Crippen molar-refractivity contribution in [3.8, 4) is 5.75 Å². The lowest BCUT2D eigenvalue weighted by atomic mass is 9.90. The molecule has 0 amide bonds. The summed E-state index contributed by atoms with van der Waals surface area (Å²) in [6, 6.07) is 4.17. The van der Waals surface area contributed by atoms with Crippen LogP contribution in [-0.4, -0.2) is 7.11 Å². The Kier molecular flexibility index (Phi) is 7.23. The minimum atomic E-state index is 0.0201. The van der Waals surface area contributed by atoms with Crippen molar-refractivity contribution in [1.82, 2.24) is 0 Å². The lowest BCUT2D eigenvalue weighted by Crippen LogP contribution is -2.09. The number of hydrogen-bond acceptors (Lipinski definition) is 1. The molecule has 0 spiro atoms. The van der Waals surface area contributed by atoms with E-state index in [2.05, 4.69) is 48.8 Å². The minimum Gasteiger partial charge on any atom is -0.496 e. The van der Waals surface area contributed by atoms with Gasteiger partial charge in [-0.15, -0.1) is 11.6 Å². The average Bonchev–Trinajstić information content (AvgIpc) is 2.40. The lowest BCUT2D eigenvalue weighted by molar-refractivity contribution is 0.387. The molecule has 1 atom stereocenters. The predicted molar refractivity (Wildman–Crippen MR) is 87.3 cm³/mol. The highest BCUT2D eigenvalue weighted by atomic mass is 79.9. The summed E-state index contributed by atoms with van der Waals surface area (Å²) in [4.78, 5) is 0. The maximum absolute atomic E-state index is 6.74. The first kappa shape index (κ1) is 16.8. The van der Waals surface area contributed by atoms with Crippen molar-refractivity contribution in [2.75, 3.05) is 7.11 Å². The Hall–Kier alpha value is -0.210. The average molecular weight is 348 g/mol. The largest absolute Gasteiger partial charge is 0.496 e. The summed E-state index contributed by atoms with van der Waals surface area (Å²) >= 11 is 10.3. The normalized spacial score (nSPS) is 12.8. The zero-order valence-electron chi connectivity index (χ0n) is 12.3. The molecule has 0 aliphatic rings. The van der Waals surface area contributed by atoms with E-state index >= 15 is 0 Å². The van der Waals surface area contributed by atoms with Gasteiger partial charge in [0.15, 0.2) is 0 Å². The number of methoxy groups -OCH3 is 1. The Morgan fingerprint density at radius 3 is 2.26 bits per heavy atom. The van der Waals surface area contributed by atoms with Gasteiger partial charge >= 0.3 is 0 Å². The van der Waals surface area contributed by atoms with Crippen LogP contribution in [0.15, 0.2) is 16.6 Å². The van der Waals surface area contributed by atoms with E-state index < -0.39 is 0 Å². The molecule has 0 bridgehead atoms. The van der Waals surface area contributed by atoms with E-state index in [4.69, 9.17) is 16.3 Å². The molecule has 0 heterocycles. The van der Waals surface area contributed by atoms with E-state index in [1.54, 1.807) is 7.11 Å².